The third-order valence-corrected chi connectivity index (χ3v) is 12.3. The molecule has 7 atom stereocenters. The minimum absolute atomic E-state index is 0.0540. The molecule has 0 saturated carbocycles. The lowest BCUT2D eigenvalue weighted by molar-refractivity contribution is -0.135. The van der Waals surface area contributed by atoms with E-state index in [0.717, 1.165) is 30.2 Å². The van der Waals surface area contributed by atoms with Crippen LogP contribution in [0.2, 0.25) is 0 Å². The molecule has 0 fully saturated rings. The molecule has 76 heavy (non-hydrogen) atoms. The predicted molar refractivity (Wildman–Crippen MR) is 285 cm³/mol. The van der Waals surface area contributed by atoms with Gasteiger partial charge in [0.2, 0.25) is 47.3 Å². The lowest BCUT2D eigenvalue weighted by Gasteiger charge is -2.28. The molecule has 410 valence electrons. The van der Waals surface area contributed by atoms with Crippen LogP contribution in [0.15, 0.2) is 83.4 Å². The van der Waals surface area contributed by atoms with Gasteiger partial charge in [-0.2, -0.15) is 0 Å². The van der Waals surface area contributed by atoms with Crippen LogP contribution in [0.1, 0.15) is 102 Å². The summed E-state index contributed by atoms with van der Waals surface area (Å²) in [6, 6.07) is 7.32. The van der Waals surface area contributed by atoms with E-state index in [2.05, 4.69) is 67.2 Å². The monoisotopic (exact) mass is 1050 g/mol. The number of nitrogens with zero attached hydrogens (tertiary/aromatic N) is 5. The van der Waals surface area contributed by atoms with E-state index >= 15 is 0 Å². The summed E-state index contributed by atoms with van der Waals surface area (Å²) < 4.78 is 0. The number of aromatic nitrogens is 3. The molecule has 2 aromatic carbocycles. The number of rotatable bonds is 34. The molecule has 15 N–H and O–H groups in total. The lowest BCUT2D eigenvalue weighted by Crippen LogP contribution is -2.60. The zero-order chi connectivity index (χ0) is 55.4. The molecule has 4 aromatic rings. The van der Waals surface area contributed by atoms with Gasteiger partial charge in [0.15, 0.2) is 5.96 Å². The molecule has 25 nitrogen and oxygen atoms in total. The number of amides is 8. The summed E-state index contributed by atoms with van der Waals surface area (Å²) in [4.78, 5) is 127. The zero-order valence-corrected chi connectivity index (χ0v) is 43.3. The second-order valence-electron chi connectivity index (χ2n) is 18.4. The Balaban J connectivity index is 1.68. The predicted octanol–water partition coefficient (Wildman–Crippen LogP) is 1.34. The van der Waals surface area contributed by atoms with Crippen LogP contribution in [0.3, 0.4) is 0 Å². The summed E-state index contributed by atoms with van der Waals surface area (Å²) in [7, 11) is 0. The second-order valence-corrected chi connectivity index (χ2v) is 18.4. The van der Waals surface area contributed by atoms with Crippen LogP contribution in [0, 0.1) is 0 Å². The highest BCUT2D eigenvalue weighted by atomic mass is 16.2. The average Bonchev–Trinajstić information content (AvgIpc) is 4.07. The number of carbonyl (C=O) groups is 8. The summed E-state index contributed by atoms with van der Waals surface area (Å²) in [5.74, 6) is -5.95. The summed E-state index contributed by atoms with van der Waals surface area (Å²) >= 11 is 0. The highest BCUT2D eigenvalue weighted by Crippen LogP contribution is 2.20. The molecule has 0 aliphatic rings. The molecule has 0 spiro atoms. The largest absolute Gasteiger partial charge is 0.370 e. The molecular formula is C51H73N17O8. The average molecular weight is 1050 g/mol. The number of benzene rings is 2. The number of H-pyrrole nitrogens is 2. The lowest BCUT2D eigenvalue weighted by atomic mass is 10.0. The maximum Gasteiger partial charge on any atom is 0.243 e. The first-order valence-electron chi connectivity index (χ1n) is 25.5. The van der Waals surface area contributed by atoms with Crippen molar-refractivity contribution in [2.75, 3.05) is 13.1 Å². The van der Waals surface area contributed by atoms with Gasteiger partial charge in [-0.15, -0.1) is 0 Å². The van der Waals surface area contributed by atoms with Crippen molar-refractivity contribution >= 4 is 64.1 Å². The number of aliphatic imine (C=N–C) groups is 1. The van der Waals surface area contributed by atoms with Crippen LogP contribution < -0.4 is 54.4 Å². The van der Waals surface area contributed by atoms with E-state index in [9.17, 15) is 38.4 Å². The Morgan fingerprint density at radius 1 is 0.592 bits per heavy atom. The number of primary amides is 1. The van der Waals surface area contributed by atoms with Crippen molar-refractivity contribution in [3.05, 3.63) is 101 Å². The highest BCUT2D eigenvalue weighted by Gasteiger charge is 2.35. The standard InChI is InChI=1S/C51H73N17O8/c1-4-6-9-20-39(63-45(71)38(18-7-5-2)61-31(3)69)46(72)67-43(27-34-29-56-30-59-34)50(76)65-41(25-32-15-10-8-11-16-32)48(74)64-40(21-14-23-57-51(53)54)47(73)66-42(26-33-28-58-36-19-13-12-17-35(33)36)49(75)62-37(44(52)70)22-24-60-68-55/h8,10-13,15-17,19,28-30,37-43,58H,4-7,9,14,18,20-27H2,1-3H3,(H2,52,70)(H,56,59)(H,61,69)(H,62,75)(H,63,71)(H,64,74)(H,65,76)(H,66,73)(H,67,72)(H4,53,54,57)/t37-,38-,39-,40-,41+,42-,43-/m0/s1. The van der Waals surface area contributed by atoms with Gasteiger partial charge < -0.3 is 64.4 Å². The summed E-state index contributed by atoms with van der Waals surface area (Å²) in [5.41, 5.74) is 28.1. The van der Waals surface area contributed by atoms with Crippen molar-refractivity contribution in [2.45, 2.75) is 147 Å². The maximum absolute atomic E-state index is 14.7. The van der Waals surface area contributed by atoms with Gasteiger partial charge >= 0.3 is 0 Å². The molecule has 0 aliphatic heterocycles. The number of guanidine groups is 1. The van der Waals surface area contributed by atoms with Gasteiger partial charge in [0.1, 0.15) is 42.3 Å². The number of hydrogen-bond donors (Lipinski definition) is 12. The maximum atomic E-state index is 14.7. The van der Waals surface area contributed by atoms with Crippen LogP contribution in [0.4, 0.5) is 0 Å². The molecule has 0 bridgehead atoms. The normalized spacial score (nSPS) is 13.7. The molecule has 4 rings (SSSR count). The van der Waals surface area contributed by atoms with Gasteiger partial charge in [0, 0.05) is 73.2 Å². The Kier molecular flexibility index (Phi) is 25.3. The molecule has 2 aromatic heterocycles. The fraction of sp³-hybridized carbons (Fsp3) is 0.490. The highest BCUT2D eigenvalue weighted by molar-refractivity contribution is 5.98. The fourth-order valence-electron chi connectivity index (χ4n) is 8.33. The topological polar surface area (TPSA) is 404 Å². The Bertz CT molecular complexity index is 2610. The molecular weight excluding hydrogens is 979 g/mol. The number of hydrogen-bond acceptors (Lipinski definition) is 11. The third-order valence-electron chi connectivity index (χ3n) is 12.3. The molecule has 0 radical (unpaired) electrons. The van der Waals surface area contributed by atoms with Gasteiger partial charge in [-0.3, -0.25) is 43.3 Å². The van der Waals surface area contributed by atoms with Gasteiger partial charge in [0.05, 0.1) is 6.33 Å². The van der Waals surface area contributed by atoms with Crippen LogP contribution >= 0.6 is 0 Å². The number of aromatic amines is 2. The molecule has 2 heterocycles. The Hall–Kier alpha value is -8.47. The summed E-state index contributed by atoms with van der Waals surface area (Å²) in [6.45, 7) is 5.13. The number of unbranched alkanes of at least 4 members (excludes halogenated alkanes) is 3. The van der Waals surface area contributed by atoms with Crippen molar-refractivity contribution in [1.82, 2.24) is 52.2 Å². The zero-order valence-electron chi connectivity index (χ0n) is 43.3. The van der Waals surface area contributed by atoms with Crippen LogP contribution in [0.25, 0.3) is 21.3 Å². The Labute approximate surface area is 440 Å². The van der Waals surface area contributed by atoms with Gasteiger partial charge in [-0.05, 0) is 54.8 Å². The quantitative estimate of drug-likeness (QED) is 0.00791. The van der Waals surface area contributed by atoms with Crippen molar-refractivity contribution < 1.29 is 38.4 Å². The van der Waals surface area contributed by atoms with E-state index < -0.39 is 89.6 Å². The van der Waals surface area contributed by atoms with Crippen LogP contribution in [-0.2, 0) is 57.6 Å². The number of nitrogens with two attached hydrogens (primary N) is 3. The van der Waals surface area contributed by atoms with Crippen molar-refractivity contribution in [3.63, 3.8) is 0 Å². The fourth-order valence-corrected chi connectivity index (χ4v) is 8.33. The molecule has 8 amide bonds. The first-order valence-corrected chi connectivity index (χ1v) is 25.5. The first kappa shape index (κ1) is 60.1. The number of imidazole rings is 1. The minimum atomic E-state index is -1.38. The first-order chi connectivity index (χ1) is 36.5. The number of fused-ring (bicyclic) bond motifs is 1. The van der Waals surface area contributed by atoms with E-state index in [4.69, 9.17) is 22.7 Å². The number of carbonyl (C=O) groups excluding carboxylic acids is 8. The van der Waals surface area contributed by atoms with E-state index in [1.54, 1.807) is 42.6 Å². The third kappa shape index (κ3) is 20.4. The van der Waals surface area contributed by atoms with E-state index in [1.807, 2.05) is 32.0 Å². The van der Waals surface area contributed by atoms with Gasteiger partial charge in [0.25, 0.3) is 0 Å². The molecule has 0 aliphatic carbocycles. The SMILES string of the molecule is CCCCC[C@H](NC(=O)[C@H](CCCC)NC(C)=O)C(=O)N[C@@H](Cc1cnc[nH]1)C(=O)N[C@H](Cc1ccccc1)C(=O)N[C@@H](CCCN=C(N)N)C(=O)N[C@@H](Cc1c[nH]c2ccccc12)C(=O)N[C@@H](CCN=[N+]=[N-])C(N)=O. The van der Waals surface area contributed by atoms with Crippen LogP contribution in [0.5, 0.6) is 0 Å². The van der Waals surface area contributed by atoms with Crippen molar-refractivity contribution in [3.8, 4) is 0 Å². The minimum Gasteiger partial charge on any atom is -0.370 e. The van der Waals surface area contributed by atoms with E-state index in [1.165, 1.54) is 19.4 Å². The molecule has 25 heteroatoms. The van der Waals surface area contributed by atoms with Crippen LogP contribution in [-0.4, -0.2) is 124 Å². The number of azide groups is 1. The summed E-state index contributed by atoms with van der Waals surface area (Å²) in [5, 5.41) is 23.4. The molecule has 0 saturated heterocycles. The smallest absolute Gasteiger partial charge is 0.243 e. The molecule has 0 unspecified atom stereocenters. The van der Waals surface area contributed by atoms with Gasteiger partial charge in [-0.25, -0.2) is 4.98 Å². The second kappa shape index (κ2) is 32.0. The Morgan fingerprint density at radius 2 is 1.12 bits per heavy atom. The van der Waals surface area contributed by atoms with Gasteiger partial charge in [-0.1, -0.05) is 99.6 Å². The van der Waals surface area contributed by atoms with E-state index in [0.29, 0.717) is 36.1 Å². The van der Waals surface area contributed by atoms with Crippen molar-refractivity contribution in [1.29, 1.82) is 0 Å². The number of para-hydroxylation sites is 1. The summed E-state index contributed by atoms with van der Waals surface area (Å²) in [6.07, 6.45) is 8.34. The van der Waals surface area contributed by atoms with Crippen molar-refractivity contribution in [2.24, 2.45) is 27.3 Å². The Morgan fingerprint density at radius 3 is 1.68 bits per heavy atom. The number of nitrogens with one attached hydrogen (secondary N) is 9. The van der Waals surface area contributed by atoms with E-state index in [-0.39, 0.29) is 64.0 Å².